The van der Waals surface area contributed by atoms with Gasteiger partial charge in [-0.05, 0) is 45.7 Å². The Labute approximate surface area is 143 Å². The number of carbonyl (C=O) groups is 1. The molecule has 23 heavy (non-hydrogen) atoms. The first kappa shape index (κ1) is 18.4. The maximum absolute atomic E-state index is 12.3. The van der Waals surface area contributed by atoms with Gasteiger partial charge in [0.05, 0.1) is 16.3 Å². The van der Waals surface area contributed by atoms with Gasteiger partial charge in [-0.2, -0.15) is 0 Å². The largest absolute Gasteiger partial charge is 0.388 e. The SMILES string of the molecule is CCC(O)(CC)CNC(=O)C1CCN(Cc2csc(C)n2)CC1. The van der Waals surface area contributed by atoms with Crippen LogP contribution in [0, 0.1) is 12.8 Å². The molecule has 2 heterocycles. The lowest BCUT2D eigenvalue weighted by Gasteiger charge is -2.32. The predicted octanol–water partition coefficient (Wildman–Crippen LogP) is 2.33. The van der Waals surface area contributed by atoms with E-state index in [9.17, 15) is 9.90 Å². The molecule has 1 amide bonds. The highest BCUT2D eigenvalue weighted by atomic mass is 32.1. The van der Waals surface area contributed by atoms with Crippen LogP contribution in [0.1, 0.15) is 50.2 Å². The first-order chi connectivity index (χ1) is 11.0. The second-order valence-corrected chi connectivity index (χ2v) is 7.62. The van der Waals surface area contributed by atoms with E-state index >= 15 is 0 Å². The monoisotopic (exact) mass is 339 g/mol. The van der Waals surface area contributed by atoms with E-state index in [0.717, 1.165) is 43.2 Å². The van der Waals surface area contributed by atoms with Crippen LogP contribution in [0.15, 0.2) is 5.38 Å². The number of likely N-dealkylation sites (tertiary alicyclic amines) is 1. The van der Waals surface area contributed by atoms with Gasteiger partial charge in [0.15, 0.2) is 0 Å². The Hall–Kier alpha value is -0.980. The molecule has 0 spiro atoms. The van der Waals surface area contributed by atoms with Crippen LogP contribution in [-0.4, -0.2) is 46.1 Å². The number of aryl methyl sites for hydroxylation is 1. The van der Waals surface area contributed by atoms with E-state index in [1.165, 1.54) is 0 Å². The van der Waals surface area contributed by atoms with Crippen molar-refractivity contribution in [3.05, 3.63) is 16.1 Å². The molecular weight excluding hydrogens is 310 g/mol. The topological polar surface area (TPSA) is 65.5 Å². The first-order valence-electron chi connectivity index (χ1n) is 8.59. The third-order valence-corrected chi connectivity index (χ3v) is 5.74. The number of hydrogen-bond donors (Lipinski definition) is 2. The predicted molar refractivity (Wildman–Crippen MR) is 93.4 cm³/mol. The maximum atomic E-state index is 12.3. The van der Waals surface area contributed by atoms with Crippen molar-refractivity contribution in [2.24, 2.45) is 5.92 Å². The fraction of sp³-hybridized carbons (Fsp3) is 0.765. The molecule has 6 heteroatoms. The summed E-state index contributed by atoms with van der Waals surface area (Å²) in [6.45, 7) is 9.03. The molecule has 0 unspecified atom stereocenters. The van der Waals surface area contributed by atoms with Gasteiger partial charge in [-0.15, -0.1) is 11.3 Å². The zero-order valence-corrected chi connectivity index (χ0v) is 15.3. The first-order valence-corrected chi connectivity index (χ1v) is 9.47. The lowest BCUT2D eigenvalue weighted by Crippen LogP contribution is -2.46. The van der Waals surface area contributed by atoms with Crippen molar-refractivity contribution in [1.82, 2.24) is 15.2 Å². The highest BCUT2D eigenvalue weighted by Crippen LogP contribution is 2.20. The number of thiazole rings is 1. The molecule has 1 aliphatic heterocycles. The minimum absolute atomic E-state index is 0.0707. The third kappa shape index (κ3) is 5.26. The summed E-state index contributed by atoms with van der Waals surface area (Å²) >= 11 is 1.69. The zero-order chi connectivity index (χ0) is 16.9. The van der Waals surface area contributed by atoms with Crippen molar-refractivity contribution in [3.8, 4) is 0 Å². The molecule has 0 aliphatic carbocycles. The summed E-state index contributed by atoms with van der Waals surface area (Å²) in [5, 5.41) is 16.4. The van der Waals surface area contributed by atoms with E-state index in [1.807, 2.05) is 20.8 Å². The van der Waals surface area contributed by atoms with E-state index in [-0.39, 0.29) is 11.8 Å². The number of nitrogens with one attached hydrogen (secondary N) is 1. The molecule has 2 rings (SSSR count). The Kier molecular flexibility index (Phi) is 6.56. The van der Waals surface area contributed by atoms with E-state index in [2.05, 4.69) is 20.6 Å². The van der Waals surface area contributed by atoms with Gasteiger partial charge in [-0.25, -0.2) is 4.98 Å². The van der Waals surface area contributed by atoms with Crippen molar-refractivity contribution in [2.75, 3.05) is 19.6 Å². The summed E-state index contributed by atoms with van der Waals surface area (Å²) in [7, 11) is 0. The Morgan fingerprint density at radius 3 is 2.61 bits per heavy atom. The van der Waals surface area contributed by atoms with Gasteiger partial charge in [0.25, 0.3) is 0 Å². The van der Waals surface area contributed by atoms with Gasteiger partial charge in [-0.1, -0.05) is 13.8 Å². The molecule has 0 bridgehead atoms. The molecule has 130 valence electrons. The van der Waals surface area contributed by atoms with Gasteiger partial charge in [-0.3, -0.25) is 9.69 Å². The summed E-state index contributed by atoms with van der Waals surface area (Å²) < 4.78 is 0. The van der Waals surface area contributed by atoms with E-state index < -0.39 is 5.60 Å². The lowest BCUT2D eigenvalue weighted by atomic mass is 9.94. The Balaban J connectivity index is 1.74. The molecule has 0 aromatic carbocycles. The minimum atomic E-state index is -0.765. The molecule has 1 aliphatic rings. The number of rotatable bonds is 7. The van der Waals surface area contributed by atoms with Crippen LogP contribution in [-0.2, 0) is 11.3 Å². The standard InChI is InChI=1S/C17H29N3O2S/c1-4-17(22,5-2)12-18-16(21)14-6-8-20(9-7-14)10-15-11-23-13(3)19-15/h11,14,22H,4-10,12H2,1-3H3,(H,18,21). The summed E-state index contributed by atoms with van der Waals surface area (Å²) in [5.41, 5.74) is 0.366. The second-order valence-electron chi connectivity index (χ2n) is 6.56. The van der Waals surface area contributed by atoms with Crippen molar-refractivity contribution in [2.45, 2.75) is 58.6 Å². The van der Waals surface area contributed by atoms with Crippen LogP contribution < -0.4 is 5.32 Å². The summed E-state index contributed by atoms with van der Waals surface area (Å²) in [6, 6.07) is 0. The van der Waals surface area contributed by atoms with Crippen molar-refractivity contribution in [1.29, 1.82) is 0 Å². The molecule has 1 aromatic heterocycles. The molecule has 2 N–H and O–H groups in total. The summed E-state index contributed by atoms with van der Waals surface area (Å²) in [6.07, 6.45) is 3.09. The van der Waals surface area contributed by atoms with Gasteiger partial charge in [0, 0.05) is 24.4 Å². The molecule has 1 fully saturated rings. The van der Waals surface area contributed by atoms with Crippen LogP contribution in [0.5, 0.6) is 0 Å². The molecular formula is C17H29N3O2S. The number of piperidine rings is 1. The summed E-state index contributed by atoms with van der Waals surface area (Å²) in [5.74, 6) is 0.163. The van der Waals surface area contributed by atoms with Crippen LogP contribution in [0.25, 0.3) is 0 Å². The van der Waals surface area contributed by atoms with Crippen LogP contribution in [0.3, 0.4) is 0 Å². The number of carbonyl (C=O) groups excluding carboxylic acids is 1. The van der Waals surface area contributed by atoms with Crippen LogP contribution >= 0.6 is 11.3 Å². The maximum Gasteiger partial charge on any atom is 0.223 e. The molecule has 1 aromatic rings. The molecule has 1 saturated heterocycles. The van der Waals surface area contributed by atoms with Gasteiger partial charge in [0.2, 0.25) is 5.91 Å². The fourth-order valence-corrected chi connectivity index (χ4v) is 3.56. The second kappa shape index (κ2) is 8.22. The highest BCUT2D eigenvalue weighted by molar-refractivity contribution is 7.09. The summed E-state index contributed by atoms with van der Waals surface area (Å²) in [4.78, 5) is 19.2. The van der Waals surface area contributed by atoms with Gasteiger partial charge < -0.3 is 10.4 Å². The minimum Gasteiger partial charge on any atom is -0.388 e. The van der Waals surface area contributed by atoms with Gasteiger partial charge in [0.1, 0.15) is 0 Å². The highest BCUT2D eigenvalue weighted by Gasteiger charge is 2.28. The Bertz CT molecular complexity index is 506. The normalized spacial score (nSPS) is 17.4. The zero-order valence-electron chi connectivity index (χ0n) is 14.5. The van der Waals surface area contributed by atoms with Gasteiger partial charge >= 0.3 is 0 Å². The number of amides is 1. The average Bonchev–Trinajstić information content (AvgIpc) is 2.98. The van der Waals surface area contributed by atoms with Crippen LogP contribution in [0.2, 0.25) is 0 Å². The van der Waals surface area contributed by atoms with Crippen molar-refractivity contribution in [3.63, 3.8) is 0 Å². The fourth-order valence-electron chi connectivity index (χ4n) is 2.96. The Morgan fingerprint density at radius 2 is 2.09 bits per heavy atom. The molecule has 0 saturated carbocycles. The number of aliphatic hydroxyl groups is 1. The number of aromatic nitrogens is 1. The smallest absolute Gasteiger partial charge is 0.223 e. The van der Waals surface area contributed by atoms with Crippen molar-refractivity contribution >= 4 is 17.2 Å². The average molecular weight is 340 g/mol. The number of hydrogen-bond acceptors (Lipinski definition) is 5. The van der Waals surface area contributed by atoms with E-state index in [4.69, 9.17) is 0 Å². The molecule has 0 atom stereocenters. The Morgan fingerprint density at radius 1 is 1.43 bits per heavy atom. The van der Waals surface area contributed by atoms with E-state index in [0.29, 0.717) is 19.4 Å². The number of nitrogens with zero attached hydrogens (tertiary/aromatic N) is 2. The molecule has 5 nitrogen and oxygen atoms in total. The molecule has 0 radical (unpaired) electrons. The lowest BCUT2D eigenvalue weighted by molar-refractivity contribution is -0.127. The third-order valence-electron chi connectivity index (χ3n) is 4.92. The van der Waals surface area contributed by atoms with Crippen molar-refractivity contribution < 1.29 is 9.90 Å². The van der Waals surface area contributed by atoms with Crippen LogP contribution in [0.4, 0.5) is 0 Å². The quantitative estimate of drug-likeness (QED) is 0.800. The van der Waals surface area contributed by atoms with E-state index in [1.54, 1.807) is 11.3 Å².